The van der Waals surface area contributed by atoms with Crippen molar-refractivity contribution in [3.05, 3.63) is 199 Å². The predicted molar refractivity (Wildman–Crippen MR) is 222 cm³/mol. The Kier molecular flexibility index (Phi) is 20.8. The second-order valence-electron chi connectivity index (χ2n) is 13.5. The number of rotatable bonds is 3. The van der Waals surface area contributed by atoms with Crippen molar-refractivity contribution in [1.82, 2.24) is 0 Å². The van der Waals surface area contributed by atoms with Crippen LogP contribution in [-0.2, 0) is 10.2 Å². The predicted octanol–water partition coefficient (Wildman–Crippen LogP) is 7.63. The standard InChI is InChI=1S/C12H10O.C10H14O.C8H8O3.C7H8O2.C7H8O.C6H6O/c13-12-8-6-11(7-9-12)10-4-2-1-3-5-10;1-10(2,3)8-4-6-9(11)7-5-8;1-11-8(10)6-2-4-7(9)5-3-6;1-9-7-4-2-6(8)3-5-7;1-6-2-4-7(8)5-3-6;7-6-4-2-1-3-5-6/h1-9,13H;4-7,11H,1-3H3;2-5,9H,1H3;2-5,8H,1H3;2-5,8H,1H3;1-5,7H/p-6. The van der Waals surface area contributed by atoms with Gasteiger partial charge in [0.25, 0.3) is 0 Å². The molecule has 59 heavy (non-hydrogen) atoms. The molecule has 0 aliphatic rings. The molecule has 0 aliphatic carbocycles. The van der Waals surface area contributed by atoms with Gasteiger partial charge in [-0.1, -0.05) is 184 Å². The molecule has 0 spiro atoms. The molecule has 0 saturated heterocycles. The molecule has 7 aromatic rings. The van der Waals surface area contributed by atoms with E-state index < -0.39 is 5.97 Å². The van der Waals surface area contributed by atoms with Crippen LogP contribution in [0.2, 0.25) is 0 Å². The van der Waals surface area contributed by atoms with Crippen LogP contribution < -0.4 is 35.4 Å². The molecule has 0 radical (unpaired) electrons. The fourth-order valence-corrected chi connectivity index (χ4v) is 4.48. The zero-order valence-corrected chi connectivity index (χ0v) is 34.0. The number of aryl methyl sites for hydroxylation is 1. The Morgan fingerprint density at radius 1 is 0.424 bits per heavy atom. The van der Waals surface area contributed by atoms with Crippen molar-refractivity contribution in [2.75, 3.05) is 14.2 Å². The highest BCUT2D eigenvalue weighted by atomic mass is 16.5. The molecule has 0 fully saturated rings. The van der Waals surface area contributed by atoms with Gasteiger partial charge in [0.1, 0.15) is 5.75 Å². The third-order valence-electron chi connectivity index (χ3n) is 7.78. The molecular weight excluding hydrogens is 745 g/mol. The van der Waals surface area contributed by atoms with Crippen molar-refractivity contribution in [2.24, 2.45) is 0 Å². The van der Waals surface area contributed by atoms with Gasteiger partial charge in [-0.3, -0.25) is 0 Å². The molecule has 0 aliphatic heterocycles. The average molecular weight is 793 g/mol. The smallest absolute Gasteiger partial charge is 0.337 e. The highest BCUT2D eigenvalue weighted by molar-refractivity contribution is 5.89. The average Bonchev–Trinajstić information content (AvgIpc) is 3.24. The molecule has 0 amide bonds. The van der Waals surface area contributed by atoms with Crippen molar-refractivity contribution < 1.29 is 44.9 Å². The summed E-state index contributed by atoms with van der Waals surface area (Å²) in [6, 6.07) is 50.7. The maximum Gasteiger partial charge on any atom is 0.337 e. The van der Waals surface area contributed by atoms with Crippen LogP contribution in [0, 0.1) is 6.92 Å². The van der Waals surface area contributed by atoms with Crippen LogP contribution in [0.25, 0.3) is 11.1 Å². The van der Waals surface area contributed by atoms with E-state index in [1.54, 1.807) is 67.8 Å². The van der Waals surface area contributed by atoms with Crippen LogP contribution in [-0.4, -0.2) is 20.2 Å². The van der Waals surface area contributed by atoms with Crippen LogP contribution in [0.3, 0.4) is 0 Å². The van der Waals surface area contributed by atoms with Crippen molar-refractivity contribution in [3.63, 3.8) is 0 Å². The number of ether oxygens (including phenoxy) is 2. The van der Waals surface area contributed by atoms with E-state index >= 15 is 0 Å². The first-order chi connectivity index (χ1) is 28.1. The second kappa shape index (κ2) is 25.7. The number of hydrogen-bond acceptors (Lipinski definition) is 9. The Hall–Kier alpha value is -7.39. The number of carbonyl (C=O) groups is 1. The number of benzene rings is 7. The van der Waals surface area contributed by atoms with Crippen molar-refractivity contribution in [1.29, 1.82) is 0 Å². The van der Waals surface area contributed by atoms with Crippen molar-refractivity contribution >= 4 is 5.97 Å². The summed E-state index contributed by atoms with van der Waals surface area (Å²) in [6.45, 7) is 8.35. The Balaban J connectivity index is 0.000000247. The number of para-hydroxylation sites is 1. The fraction of sp³-hybridized carbons (Fsp3) is 0.140. The number of esters is 1. The summed E-state index contributed by atoms with van der Waals surface area (Å²) in [5, 5.41) is 63.4. The number of methoxy groups -OCH3 is 2. The van der Waals surface area contributed by atoms with Gasteiger partial charge >= 0.3 is 5.97 Å². The van der Waals surface area contributed by atoms with E-state index in [4.69, 9.17) is 4.74 Å². The largest absolute Gasteiger partial charge is 0.872 e. The van der Waals surface area contributed by atoms with E-state index in [0.717, 1.165) is 22.4 Å². The summed E-state index contributed by atoms with van der Waals surface area (Å²) < 4.78 is 9.27. The Morgan fingerprint density at radius 2 is 0.763 bits per heavy atom. The lowest BCUT2D eigenvalue weighted by Gasteiger charge is -2.19. The highest BCUT2D eigenvalue weighted by Crippen LogP contribution is 2.23. The molecule has 0 aromatic heterocycles. The Morgan fingerprint density at radius 3 is 1.12 bits per heavy atom. The van der Waals surface area contributed by atoms with Crippen molar-refractivity contribution in [2.45, 2.75) is 33.1 Å². The molecule has 0 heterocycles. The van der Waals surface area contributed by atoms with Gasteiger partial charge in [-0.25, -0.2) is 4.79 Å². The molecule has 0 bridgehead atoms. The minimum atomic E-state index is -0.426. The molecule has 0 unspecified atom stereocenters. The molecule has 7 aromatic carbocycles. The van der Waals surface area contributed by atoms with Gasteiger partial charge in [0.05, 0.1) is 19.8 Å². The van der Waals surface area contributed by atoms with E-state index in [2.05, 4.69) is 25.5 Å². The van der Waals surface area contributed by atoms with Gasteiger partial charge in [-0.15, -0.1) is 34.5 Å². The second-order valence-corrected chi connectivity index (χ2v) is 13.5. The van der Waals surface area contributed by atoms with Crippen LogP contribution in [0.1, 0.15) is 42.3 Å². The van der Waals surface area contributed by atoms with Crippen LogP contribution in [0.5, 0.6) is 40.2 Å². The van der Waals surface area contributed by atoms with Gasteiger partial charge in [0.15, 0.2) is 0 Å². The maximum absolute atomic E-state index is 10.9. The Labute approximate surface area is 347 Å². The topological polar surface area (TPSA) is 174 Å². The fourth-order valence-electron chi connectivity index (χ4n) is 4.48. The van der Waals surface area contributed by atoms with Crippen LogP contribution in [0.4, 0.5) is 0 Å². The summed E-state index contributed by atoms with van der Waals surface area (Å²) in [5.41, 5.74) is 5.10. The first-order valence-corrected chi connectivity index (χ1v) is 18.3. The van der Waals surface area contributed by atoms with Crippen LogP contribution >= 0.6 is 0 Å². The third-order valence-corrected chi connectivity index (χ3v) is 7.78. The van der Waals surface area contributed by atoms with E-state index in [-0.39, 0.29) is 39.9 Å². The molecular formula is C50H48O9-6. The van der Waals surface area contributed by atoms with Crippen molar-refractivity contribution in [3.8, 4) is 51.4 Å². The highest BCUT2D eigenvalue weighted by Gasteiger charge is 2.11. The van der Waals surface area contributed by atoms with E-state index in [0.29, 0.717) is 5.56 Å². The van der Waals surface area contributed by atoms with Gasteiger partial charge in [-0.2, -0.15) is 0 Å². The normalized spacial score (nSPS) is 9.66. The van der Waals surface area contributed by atoms with E-state index in [1.165, 1.54) is 61.2 Å². The number of carbonyl (C=O) groups excluding carboxylic acids is 1. The molecule has 308 valence electrons. The van der Waals surface area contributed by atoms with E-state index in [9.17, 15) is 35.4 Å². The molecule has 9 nitrogen and oxygen atoms in total. The SMILES string of the molecule is CC(C)(C)c1ccc([O-])cc1.COC(=O)c1ccc([O-])cc1.COc1ccc([O-])cc1.Cc1ccc([O-])cc1.[O-]c1ccc(-c2ccccc2)cc1.[O-]c1ccccc1. The summed E-state index contributed by atoms with van der Waals surface area (Å²) >= 11 is 0. The third kappa shape index (κ3) is 20.4. The van der Waals surface area contributed by atoms with Crippen LogP contribution in [0.15, 0.2) is 182 Å². The summed E-state index contributed by atoms with van der Waals surface area (Å²) in [5.74, 6) is 0.476. The Bertz CT molecular complexity index is 2130. The molecule has 0 saturated carbocycles. The number of hydrogen-bond donors (Lipinski definition) is 0. The zero-order chi connectivity index (χ0) is 43.6. The monoisotopic (exact) mass is 792 g/mol. The molecule has 0 atom stereocenters. The van der Waals surface area contributed by atoms with Gasteiger partial charge < -0.3 is 40.1 Å². The molecule has 7 rings (SSSR count). The summed E-state index contributed by atoms with van der Waals surface area (Å²) in [7, 11) is 2.87. The zero-order valence-electron chi connectivity index (χ0n) is 34.0. The molecule has 0 N–H and O–H groups in total. The van der Waals surface area contributed by atoms with Gasteiger partial charge in [0.2, 0.25) is 0 Å². The van der Waals surface area contributed by atoms with Gasteiger partial charge in [-0.05, 0) is 53.3 Å². The lowest BCUT2D eigenvalue weighted by atomic mass is 9.87. The minimum absolute atomic E-state index is 0.0100. The lowest BCUT2D eigenvalue weighted by Crippen LogP contribution is -2.10. The van der Waals surface area contributed by atoms with E-state index in [1.807, 2.05) is 79.7 Å². The maximum atomic E-state index is 10.9. The first kappa shape index (κ1) is 47.8. The van der Waals surface area contributed by atoms with Gasteiger partial charge in [0, 0.05) is 0 Å². The first-order valence-electron chi connectivity index (χ1n) is 18.3. The molecule has 9 heteroatoms. The lowest BCUT2D eigenvalue weighted by molar-refractivity contribution is -0.269. The quantitative estimate of drug-likeness (QED) is 0.163. The summed E-state index contributed by atoms with van der Waals surface area (Å²) in [4.78, 5) is 10.8. The minimum Gasteiger partial charge on any atom is -0.872 e. The summed E-state index contributed by atoms with van der Waals surface area (Å²) in [6.07, 6.45) is 0.